The number of pyridine rings is 1. The van der Waals surface area contributed by atoms with Crippen molar-refractivity contribution in [2.24, 2.45) is 5.92 Å². The summed E-state index contributed by atoms with van der Waals surface area (Å²) in [6, 6.07) is 3.87. The zero-order valence-electron chi connectivity index (χ0n) is 11.7. The molecule has 0 bridgehead atoms. The number of aromatic nitrogens is 1. The number of rotatable bonds is 4. The molecule has 3 atom stereocenters. The molecule has 1 aliphatic heterocycles. The minimum atomic E-state index is -0.0389. The standard InChI is InChI=1S/C15H23N3O/c1-3-12-4-9-17-14(10-12)15(19)18-11(2)13-5-7-16-8-6-13/h5-8,11-12,14,17H,3-4,9-10H2,1-2H3,(H,18,19)/t11-,12?,14?/m0/s1. The Morgan fingerprint density at radius 1 is 1.53 bits per heavy atom. The van der Waals surface area contributed by atoms with Gasteiger partial charge in [0.1, 0.15) is 0 Å². The fourth-order valence-corrected chi connectivity index (χ4v) is 2.62. The number of hydrogen-bond acceptors (Lipinski definition) is 3. The van der Waals surface area contributed by atoms with Gasteiger partial charge in [0.2, 0.25) is 5.91 Å². The molecule has 104 valence electrons. The Morgan fingerprint density at radius 3 is 2.95 bits per heavy atom. The zero-order chi connectivity index (χ0) is 13.7. The molecule has 1 aliphatic rings. The highest BCUT2D eigenvalue weighted by Crippen LogP contribution is 2.20. The van der Waals surface area contributed by atoms with Gasteiger partial charge in [0.05, 0.1) is 12.1 Å². The van der Waals surface area contributed by atoms with E-state index in [2.05, 4.69) is 22.5 Å². The van der Waals surface area contributed by atoms with Crippen molar-refractivity contribution < 1.29 is 4.79 Å². The molecular weight excluding hydrogens is 238 g/mol. The lowest BCUT2D eigenvalue weighted by Crippen LogP contribution is -2.49. The molecular formula is C15H23N3O. The van der Waals surface area contributed by atoms with E-state index in [-0.39, 0.29) is 18.0 Å². The number of hydrogen-bond donors (Lipinski definition) is 2. The zero-order valence-corrected chi connectivity index (χ0v) is 11.7. The molecule has 0 spiro atoms. The number of nitrogens with one attached hydrogen (secondary N) is 2. The Hall–Kier alpha value is -1.42. The smallest absolute Gasteiger partial charge is 0.237 e. The summed E-state index contributed by atoms with van der Waals surface area (Å²) in [7, 11) is 0. The van der Waals surface area contributed by atoms with Gasteiger partial charge in [0.25, 0.3) is 0 Å². The van der Waals surface area contributed by atoms with Crippen LogP contribution < -0.4 is 10.6 Å². The van der Waals surface area contributed by atoms with E-state index in [0.717, 1.165) is 24.9 Å². The molecule has 4 heteroatoms. The van der Waals surface area contributed by atoms with E-state index in [0.29, 0.717) is 5.92 Å². The highest BCUT2D eigenvalue weighted by molar-refractivity contribution is 5.82. The molecule has 1 fully saturated rings. The molecule has 2 unspecified atom stereocenters. The molecule has 1 aromatic heterocycles. The van der Waals surface area contributed by atoms with Gasteiger partial charge >= 0.3 is 0 Å². The van der Waals surface area contributed by atoms with Gasteiger partial charge in [-0.1, -0.05) is 13.3 Å². The van der Waals surface area contributed by atoms with Crippen LogP contribution in [0.2, 0.25) is 0 Å². The SMILES string of the molecule is CCC1CCNC(C(=O)N[C@@H](C)c2ccncc2)C1. The number of carbonyl (C=O) groups excluding carboxylic acids is 1. The van der Waals surface area contributed by atoms with Crippen LogP contribution in [-0.4, -0.2) is 23.5 Å². The Kier molecular flexibility index (Phi) is 4.91. The summed E-state index contributed by atoms with van der Waals surface area (Å²) in [6.45, 7) is 5.15. The molecule has 4 nitrogen and oxygen atoms in total. The fourth-order valence-electron chi connectivity index (χ4n) is 2.62. The van der Waals surface area contributed by atoms with Crippen molar-refractivity contribution in [2.45, 2.75) is 45.2 Å². The minimum Gasteiger partial charge on any atom is -0.348 e. The van der Waals surface area contributed by atoms with Crippen molar-refractivity contribution in [3.8, 4) is 0 Å². The third-order valence-electron chi connectivity index (χ3n) is 3.97. The van der Waals surface area contributed by atoms with Crippen LogP contribution in [0.5, 0.6) is 0 Å². The first-order valence-electron chi connectivity index (χ1n) is 7.14. The van der Waals surface area contributed by atoms with E-state index in [9.17, 15) is 4.79 Å². The van der Waals surface area contributed by atoms with E-state index in [4.69, 9.17) is 0 Å². The molecule has 2 heterocycles. The normalized spacial score (nSPS) is 24.7. The van der Waals surface area contributed by atoms with Crippen LogP contribution in [0, 0.1) is 5.92 Å². The quantitative estimate of drug-likeness (QED) is 0.872. The minimum absolute atomic E-state index is 0.0271. The lowest BCUT2D eigenvalue weighted by atomic mass is 9.90. The summed E-state index contributed by atoms with van der Waals surface area (Å²) in [4.78, 5) is 16.2. The Balaban J connectivity index is 1.90. The molecule has 0 radical (unpaired) electrons. The van der Waals surface area contributed by atoms with Crippen LogP contribution in [0.25, 0.3) is 0 Å². The second kappa shape index (κ2) is 6.66. The van der Waals surface area contributed by atoms with E-state index >= 15 is 0 Å². The van der Waals surface area contributed by atoms with Crippen LogP contribution in [0.15, 0.2) is 24.5 Å². The highest BCUT2D eigenvalue weighted by atomic mass is 16.2. The lowest BCUT2D eigenvalue weighted by molar-refractivity contribution is -0.124. The van der Waals surface area contributed by atoms with Gasteiger partial charge in [0.15, 0.2) is 0 Å². The van der Waals surface area contributed by atoms with E-state index in [1.807, 2.05) is 19.1 Å². The van der Waals surface area contributed by atoms with E-state index in [1.165, 1.54) is 6.42 Å². The van der Waals surface area contributed by atoms with Crippen molar-refractivity contribution in [1.82, 2.24) is 15.6 Å². The van der Waals surface area contributed by atoms with Crippen molar-refractivity contribution in [2.75, 3.05) is 6.54 Å². The second-order valence-electron chi connectivity index (χ2n) is 5.32. The van der Waals surface area contributed by atoms with Gasteiger partial charge in [-0.05, 0) is 49.9 Å². The maximum atomic E-state index is 12.3. The number of piperidine rings is 1. The van der Waals surface area contributed by atoms with E-state index in [1.54, 1.807) is 12.4 Å². The summed E-state index contributed by atoms with van der Waals surface area (Å²) < 4.78 is 0. The number of nitrogens with zero attached hydrogens (tertiary/aromatic N) is 1. The molecule has 1 saturated heterocycles. The average molecular weight is 261 g/mol. The first-order valence-corrected chi connectivity index (χ1v) is 7.14. The Bertz CT molecular complexity index is 407. The molecule has 0 saturated carbocycles. The summed E-state index contributed by atoms with van der Waals surface area (Å²) in [5, 5.41) is 6.40. The van der Waals surface area contributed by atoms with Crippen LogP contribution >= 0.6 is 0 Å². The van der Waals surface area contributed by atoms with Gasteiger partial charge < -0.3 is 10.6 Å². The Labute approximate surface area is 115 Å². The lowest BCUT2D eigenvalue weighted by Gasteiger charge is -2.29. The first-order chi connectivity index (χ1) is 9.20. The summed E-state index contributed by atoms with van der Waals surface area (Å²) in [6.07, 6.45) is 6.80. The van der Waals surface area contributed by atoms with Gasteiger partial charge in [-0.15, -0.1) is 0 Å². The van der Waals surface area contributed by atoms with Crippen molar-refractivity contribution in [3.05, 3.63) is 30.1 Å². The third kappa shape index (κ3) is 3.77. The summed E-state index contributed by atoms with van der Waals surface area (Å²) in [5.74, 6) is 0.788. The second-order valence-corrected chi connectivity index (χ2v) is 5.32. The monoisotopic (exact) mass is 261 g/mol. The molecule has 1 aromatic rings. The number of amides is 1. The molecule has 0 aromatic carbocycles. The van der Waals surface area contributed by atoms with Gasteiger partial charge in [-0.2, -0.15) is 0 Å². The fraction of sp³-hybridized carbons (Fsp3) is 0.600. The van der Waals surface area contributed by atoms with Crippen molar-refractivity contribution in [3.63, 3.8) is 0 Å². The summed E-state index contributed by atoms with van der Waals surface area (Å²) in [5.41, 5.74) is 1.09. The first kappa shape index (κ1) is 14.0. The van der Waals surface area contributed by atoms with Crippen LogP contribution in [0.4, 0.5) is 0 Å². The summed E-state index contributed by atoms with van der Waals surface area (Å²) >= 11 is 0. The van der Waals surface area contributed by atoms with Crippen LogP contribution in [-0.2, 0) is 4.79 Å². The average Bonchev–Trinajstić information content (AvgIpc) is 2.48. The topological polar surface area (TPSA) is 54.0 Å². The molecule has 1 amide bonds. The predicted octanol–water partition coefficient (Wildman–Crippen LogP) is 2.04. The van der Waals surface area contributed by atoms with Crippen molar-refractivity contribution >= 4 is 5.91 Å². The molecule has 2 rings (SSSR count). The third-order valence-corrected chi connectivity index (χ3v) is 3.97. The predicted molar refractivity (Wildman–Crippen MR) is 75.6 cm³/mol. The van der Waals surface area contributed by atoms with Crippen molar-refractivity contribution in [1.29, 1.82) is 0 Å². The molecule has 19 heavy (non-hydrogen) atoms. The van der Waals surface area contributed by atoms with Gasteiger partial charge in [-0.3, -0.25) is 9.78 Å². The van der Waals surface area contributed by atoms with E-state index < -0.39 is 0 Å². The maximum Gasteiger partial charge on any atom is 0.237 e. The molecule has 0 aliphatic carbocycles. The maximum absolute atomic E-state index is 12.3. The number of carbonyl (C=O) groups is 1. The van der Waals surface area contributed by atoms with Crippen LogP contribution in [0.1, 0.15) is 44.7 Å². The van der Waals surface area contributed by atoms with Gasteiger partial charge in [-0.25, -0.2) is 0 Å². The highest BCUT2D eigenvalue weighted by Gasteiger charge is 2.26. The molecule has 2 N–H and O–H groups in total. The van der Waals surface area contributed by atoms with Gasteiger partial charge in [0, 0.05) is 12.4 Å². The largest absolute Gasteiger partial charge is 0.348 e. The Morgan fingerprint density at radius 2 is 2.26 bits per heavy atom. The van der Waals surface area contributed by atoms with Crippen LogP contribution in [0.3, 0.4) is 0 Å².